The van der Waals surface area contributed by atoms with Crippen molar-refractivity contribution >= 4 is 5.82 Å². The fourth-order valence-corrected chi connectivity index (χ4v) is 2.74. The summed E-state index contributed by atoms with van der Waals surface area (Å²) in [5.74, 6) is 2.15. The standard InChI is InChI=1S/C15H23N5/c1-12(2)10-20-7-3-4-13(11-20)9-17-15-6-5-14(8-16)18-19-15/h5-6,12-13H,3-4,7,9-11H2,1-2H3,(H,17,19). The molecule has 0 amide bonds. The Kier molecular flexibility index (Phi) is 5.31. The molecule has 20 heavy (non-hydrogen) atoms. The molecule has 2 heterocycles. The number of piperidine rings is 1. The van der Waals surface area contributed by atoms with Gasteiger partial charge in [0.2, 0.25) is 0 Å². The Morgan fingerprint density at radius 3 is 2.95 bits per heavy atom. The van der Waals surface area contributed by atoms with Crippen LogP contribution < -0.4 is 5.32 Å². The molecule has 1 saturated heterocycles. The minimum absolute atomic E-state index is 0.358. The molecule has 0 aliphatic carbocycles. The molecule has 0 saturated carbocycles. The van der Waals surface area contributed by atoms with Gasteiger partial charge in [-0.1, -0.05) is 13.8 Å². The molecule has 1 atom stereocenters. The van der Waals surface area contributed by atoms with Gasteiger partial charge in [0, 0.05) is 19.6 Å². The quantitative estimate of drug-likeness (QED) is 0.890. The second-order valence-electron chi connectivity index (χ2n) is 5.96. The highest BCUT2D eigenvalue weighted by molar-refractivity contribution is 5.35. The summed E-state index contributed by atoms with van der Waals surface area (Å²) in [5.41, 5.74) is 0.358. The van der Waals surface area contributed by atoms with Crippen LogP contribution in [0, 0.1) is 23.2 Å². The molecule has 5 heteroatoms. The van der Waals surface area contributed by atoms with Crippen LogP contribution in [0.2, 0.25) is 0 Å². The Morgan fingerprint density at radius 1 is 1.45 bits per heavy atom. The summed E-state index contributed by atoms with van der Waals surface area (Å²) in [5, 5.41) is 19.9. The van der Waals surface area contributed by atoms with Gasteiger partial charge < -0.3 is 10.2 Å². The molecule has 1 aliphatic rings. The first-order chi connectivity index (χ1) is 9.67. The van der Waals surface area contributed by atoms with Crippen molar-refractivity contribution in [2.45, 2.75) is 26.7 Å². The first-order valence-electron chi connectivity index (χ1n) is 7.37. The molecule has 0 spiro atoms. The van der Waals surface area contributed by atoms with Gasteiger partial charge >= 0.3 is 0 Å². The van der Waals surface area contributed by atoms with E-state index in [1.807, 2.05) is 12.1 Å². The number of nitriles is 1. The van der Waals surface area contributed by atoms with Gasteiger partial charge in [0.05, 0.1) is 0 Å². The maximum absolute atomic E-state index is 8.68. The van der Waals surface area contributed by atoms with E-state index < -0.39 is 0 Å². The predicted molar refractivity (Wildman–Crippen MR) is 79.2 cm³/mol. The van der Waals surface area contributed by atoms with E-state index in [-0.39, 0.29) is 0 Å². The zero-order valence-electron chi connectivity index (χ0n) is 12.3. The molecule has 1 unspecified atom stereocenters. The molecule has 0 radical (unpaired) electrons. The van der Waals surface area contributed by atoms with E-state index in [1.165, 1.54) is 25.9 Å². The van der Waals surface area contributed by atoms with Crippen molar-refractivity contribution in [3.8, 4) is 6.07 Å². The van der Waals surface area contributed by atoms with Gasteiger partial charge in [0.15, 0.2) is 5.69 Å². The van der Waals surface area contributed by atoms with Gasteiger partial charge in [-0.05, 0) is 43.4 Å². The van der Waals surface area contributed by atoms with Crippen molar-refractivity contribution in [3.05, 3.63) is 17.8 Å². The summed E-state index contributed by atoms with van der Waals surface area (Å²) >= 11 is 0. The van der Waals surface area contributed by atoms with Crippen molar-refractivity contribution < 1.29 is 0 Å². The van der Waals surface area contributed by atoms with E-state index in [0.717, 1.165) is 24.8 Å². The molecule has 2 rings (SSSR count). The van der Waals surface area contributed by atoms with Gasteiger partial charge in [-0.3, -0.25) is 0 Å². The summed E-state index contributed by atoms with van der Waals surface area (Å²) < 4.78 is 0. The lowest BCUT2D eigenvalue weighted by atomic mass is 9.97. The number of nitrogens with one attached hydrogen (secondary N) is 1. The minimum atomic E-state index is 0.358. The summed E-state index contributed by atoms with van der Waals surface area (Å²) in [6, 6.07) is 5.49. The van der Waals surface area contributed by atoms with E-state index in [2.05, 4.69) is 34.3 Å². The Labute approximate surface area is 121 Å². The fourth-order valence-electron chi connectivity index (χ4n) is 2.74. The van der Waals surface area contributed by atoms with Crippen LogP contribution in [0.15, 0.2) is 12.1 Å². The lowest BCUT2D eigenvalue weighted by molar-refractivity contribution is 0.164. The zero-order chi connectivity index (χ0) is 14.4. The highest BCUT2D eigenvalue weighted by Gasteiger charge is 2.20. The van der Waals surface area contributed by atoms with Gasteiger partial charge in [0.25, 0.3) is 0 Å². The van der Waals surface area contributed by atoms with E-state index in [1.54, 1.807) is 6.07 Å². The number of nitrogens with zero attached hydrogens (tertiary/aromatic N) is 4. The third-order valence-corrected chi connectivity index (χ3v) is 3.58. The maximum atomic E-state index is 8.68. The molecule has 1 aromatic rings. The van der Waals surface area contributed by atoms with Gasteiger partial charge in [-0.15, -0.1) is 10.2 Å². The number of likely N-dealkylation sites (tertiary alicyclic amines) is 1. The average molecular weight is 273 g/mol. The Balaban J connectivity index is 1.79. The highest BCUT2D eigenvalue weighted by Crippen LogP contribution is 2.18. The van der Waals surface area contributed by atoms with Crippen molar-refractivity contribution in [1.29, 1.82) is 5.26 Å². The Morgan fingerprint density at radius 2 is 2.30 bits per heavy atom. The van der Waals surface area contributed by atoms with Crippen LogP contribution in [0.25, 0.3) is 0 Å². The van der Waals surface area contributed by atoms with E-state index in [4.69, 9.17) is 5.26 Å². The fraction of sp³-hybridized carbons (Fsp3) is 0.667. The lowest BCUT2D eigenvalue weighted by Crippen LogP contribution is -2.39. The zero-order valence-corrected chi connectivity index (χ0v) is 12.3. The molecular weight excluding hydrogens is 250 g/mol. The highest BCUT2D eigenvalue weighted by atomic mass is 15.2. The van der Waals surface area contributed by atoms with Gasteiger partial charge in [0.1, 0.15) is 11.9 Å². The smallest absolute Gasteiger partial charge is 0.163 e. The van der Waals surface area contributed by atoms with Crippen LogP contribution in [-0.2, 0) is 0 Å². The molecule has 1 aliphatic heterocycles. The SMILES string of the molecule is CC(C)CN1CCCC(CNc2ccc(C#N)nn2)C1. The molecule has 1 aromatic heterocycles. The second-order valence-corrected chi connectivity index (χ2v) is 5.96. The van der Waals surface area contributed by atoms with E-state index in [0.29, 0.717) is 11.6 Å². The first kappa shape index (κ1) is 14.7. The Hall–Kier alpha value is -1.67. The molecular formula is C15H23N5. The van der Waals surface area contributed by atoms with Crippen LogP contribution in [0.3, 0.4) is 0 Å². The molecule has 1 N–H and O–H groups in total. The van der Waals surface area contributed by atoms with Crippen LogP contribution in [-0.4, -0.2) is 41.3 Å². The van der Waals surface area contributed by atoms with Crippen molar-refractivity contribution in [2.24, 2.45) is 11.8 Å². The van der Waals surface area contributed by atoms with Crippen molar-refractivity contribution in [1.82, 2.24) is 15.1 Å². The molecule has 5 nitrogen and oxygen atoms in total. The normalized spacial score (nSPS) is 19.8. The second kappa shape index (κ2) is 7.20. The number of anilines is 1. The monoisotopic (exact) mass is 273 g/mol. The molecule has 0 aromatic carbocycles. The number of hydrogen-bond donors (Lipinski definition) is 1. The topological polar surface area (TPSA) is 64.8 Å². The largest absolute Gasteiger partial charge is 0.368 e. The van der Waals surface area contributed by atoms with Crippen LogP contribution in [0.5, 0.6) is 0 Å². The number of hydrogen-bond acceptors (Lipinski definition) is 5. The number of aromatic nitrogens is 2. The predicted octanol–water partition coefficient (Wildman–Crippen LogP) is 2.13. The van der Waals surface area contributed by atoms with Crippen LogP contribution in [0.1, 0.15) is 32.4 Å². The minimum Gasteiger partial charge on any atom is -0.368 e. The van der Waals surface area contributed by atoms with E-state index in [9.17, 15) is 0 Å². The summed E-state index contributed by atoms with van der Waals surface area (Å²) in [4.78, 5) is 2.56. The van der Waals surface area contributed by atoms with Crippen molar-refractivity contribution in [3.63, 3.8) is 0 Å². The first-order valence-corrected chi connectivity index (χ1v) is 7.37. The average Bonchev–Trinajstić information content (AvgIpc) is 2.45. The third-order valence-electron chi connectivity index (χ3n) is 3.58. The van der Waals surface area contributed by atoms with Gasteiger partial charge in [-0.25, -0.2) is 0 Å². The van der Waals surface area contributed by atoms with Gasteiger partial charge in [-0.2, -0.15) is 5.26 Å². The van der Waals surface area contributed by atoms with Crippen LogP contribution >= 0.6 is 0 Å². The maximum Gasteiger partial charge on any atom is 0.163 e. The van der Waals surface area contributed by atoms with E-state index >= 15 is 0 Å². The Bertz CT molecular complexity index is 448. The van der Waals surface area contributed by atoms with Crippen molar-refractivity contribution in [2.75, 3.05) is 31.5 Å². The molecule has 0 bridgehead atoms. The summed E-state index contributed by atoms with van der Waals surface area (Å²) in [7, 11) is 0. The summed E-state index contributed by atoms with van der Waals surface area (Å²) in [6.07, 6.45) is 2.55. The molecule has 108 valence electrons. The molecule has 1 fully saturated rings. The lowest BCUT2D eigenvalue weighted by Gasteiger charge is -2.33. The third kappa shape index (κ3) is 4.46. The van der Waals surface area contributed by atoms with Crippen LogP contribution in [0.4, 0.5) is 5.82 Å². The number of rotatable bonds is 5. The summed E-state index contributed by atoms with van der Waals surface area (Å²) in [6.45, 7) is 9.05.